The number of para-hydroxylation sites is 2. The number of furan rings is 1. The Morgan fingerprint density at radius 1 is 1.00 bits per heavy atom. The van der Waals surface area contributed by atoms with Crippen LogP contribution in [0.1, 0.15) is 15.9 Å². The molecule has 0 bridgehead atoms. The van der Waals surface area contributed by atoms with Crippen molar-refractivity contribution in [3.63, 3.8) is 0 Å². The van der Waals surface area contributed by atoms with Crippen LogP contribution in [0.3, 0.4) is 0 Å². The van der Waals surface area contributed by atoms with Crippen molar-refractivity contribution in [2.24, 2.45) is 0 Å². The summed E-state index contributed by atoms with van der Waals surface area (Å²) >= 11 is 0. The molecule has 0 amide bonds. The molecule has 1 N–H and O–H groups in total. The predicted octanol–water partition coefficient (Wildman–Crippen LogP) is 4.81. The van der Waals surface area contributed by atoms with E-state index in [2.05, 4.69) is 4.98 Å². The summed E-state index contributed by atoms with van der Waals surface area (Å²) in [6, 6.07) is 15.6. The zero-order chi connectivity index (χ0) is 14.9. The van der Waals surface area contributed by atoms with Crippen molar-refractivity contribution in [1.29, 1.82) is 0 Å². The van der Waals surface area contributed by atoms with Crippen LogP contribution in [0.15, 0.2) is 71.5 Å². The smallest absolute Gasteiger partial charge is 0.189 e. The number of allylic oxidation sites excluding steroid dienone is 1. The highest BCUT2D eigenvalue weighted by atomic mass is 16.3. The summed E-state index contributed by atoms with van der Waals surface area (Å²) in [5.41, 5.74) is 3.37. The van der Waals surface area contributed by atoms with Crippen molar-refractivity contribution in [1.82, 2.24) is 4.98 Å². The number of benzene rings is 2. The molecular weight excluding hydrogens is 274 g/mol. The Morgan fingerprint density at radius 2 is 1.77 bits per heavy atom. The number of nitrogens with one attached hydrogen (secondary N) is 1. The molecule has 4 rings (SSSR count). The lowest BCUT2D eigenvalue weighted by atomic mass is 10.1. The van der Waals surface area contributed by atoms with Crippen molar-refractivity contribution in [2.75, 3.05) is 0 Å². The van der Waals surface area contributed by atoms with Gasteiger partial charge in [0.25, 0.3) is 0 Å². The van der Waals surface area contributed by atoms with Crippen LogP contribution in [0, 0.1) is 0 Å². The van der Waals surface area contributed by atoms with E-state index in [1.54, 1.807) is 6.08 Å². The predicted molar refractivity (Wildman–Crippen MR) is 87.9 cm³/mol. The standard InChI is InChI=1S/C19H13NO2/c21-18(16-12-22-19-8-4-2-6-15(16)19)10-9-13-11-20-17-7-3-1-5-14(13)17/h1-12,20H/b10-9+. The number of carbonyl (C=O) groups excluding carboxylic acids is 1. The second kappa shape index (κ2) is 5.04. The molecule has 22 heavy (non-hydrogen) atoms. The minimum Gasteiger partial charge on any atom is -0.464 e. The summed E-state index contributed by atoms with van der Waals surface area (Å²) in [4.78, 5) is 15.6. The first-order chi connectivity index (χ1) is 10.8. The lowest BCUT2D eigenvalue weighted by Gasteiger charge is -1.93. The van der Waals surface area contributed by atoms with E-state index >= 15 is 0 Å². The summed E-state index contributed by atoms with van der Waals surface area (Å²) in [5.74, 6) is -0.0600. The summed E-state index contributed by atoms with van der Waals surface area (Å²) in [7, 11) is 0. The third kappa shape index (κ3) is 2.04. The zero-order valence-electron chi connectivity index (χ0n) is 11.7. The Bertz CT molecular complexity index is 1000. The molecule has 0 aliphatic carbocycles. The third-order valence-electron chi connectivity index (χ3n) is 3.78. The Hall–Kier alpha value is -3.07. The maximum atomic E-state index is 12.4. The monoisotopic (exact) mass is 287 g/mol. The van der Waals surface area contributed by atoms with Gasteiger partial charge in [-0.1, -0.05) is 36.4 Å². The van der Waals surface area contributed by atoms with Gasteiger partial charge in [-0.15, -0.1) is 0 Å². The summed E-state index contributed by atoms with van der Waals surface area (Å²) < 4.78 is 5.42. The molecule has 2 heterocycles. The van der Waals surface area contributed by atoms with E-state index in [1.807, 2.05) is 60.8 Å². The molecule has 3 nitrogen and oxygen atoms in total. The zero-order valence-corrected chi connectivity index (χ0v) is 11.7. The van der Waals surface area contributed by atoms with Crippen LogP contribution in [0.5, 0.6) is 0 Å². The molecule has 106 valence electrons. The molecule has 2 aromatic carbocycles. The van der Waals surface area contributed by atoms with Gasteiger partial charge >= 0.3 is 0 Å². The molecule has 4 aromatic rings. The number of aromatic nitrogens is 1. The fourth-order valence-corrected chi connectivity index (χ4v) is 2.66. The van der Waals surface area contributed by atoms with Gasteiger partial charge in [0.1, 0.15) is 11.8 Å². The lowest BCUT2D eigenvalue weighted by molar-refractivity contribution is 0.104. The first-order valence-electron chi connectivity index (χ1n) is 7.08. The molecule has 0 saturated heterocycles. The SMILES string of the molecule is O=C(/C=C/c1c[nH]c2ccccc12)c1coc2ccccc12. The van der Waals surface area contributed by atoms with E-state index in [-0.39, 0.29) is 5.78 Å². The van der Waals surface area contributed by atoms with Gasteiger partial charge < -0.3 is 9.40 Å². The summed E-state index contributed by atoms with van der Waals surface area (Å²) in [5, 5.41) is 1.94. The fourth-order valence-electron chi connectivity index (χ4n) is 2.66. The van der Waals surface area contributed by atoms with Gasteiger partial charge in [0, 0.05) is 22.5 Å². The minimum atomic E-state index is -0.0600. The van der Waals surface area contributed by atoms with Crippen molar-refractivity contribution in [2.45, 2.75) is 0 Å². The van der Waals surface area contributed by atoms with Crippen LogP contribution < -0.4 is 0 Å². The topological polar surface area (TPSA) is 46.0 Å². The molecule has 0 aliphatic heterocycles. The van der Waals surface area contributed by atoms with Crippen molar-refractivity contribution in [3.8, 4) is 0 Å². The average molecular weight is 287 g/mol. The quantitative estimate of drug-likeness (QED) is 0.434. The Morgan fingerprint density at radius 3 is 2.68 bits per heavy atom. The number of aromatic amines is 1. The number of fused-ring (bicyclic) bond motifs is 2. The first-order valence-corrected chi connectivity index (χ1v) is 7.08. The van der Waals surface area contributed by atoms with E-state index in [4.69, 9.17) is 4.42 Å². The molecule has 3 heteroatoms. The Labute approximate surface area is 126 Å². The Kier molecular flexibility index (Phi) is 2.90. The minimum absolute atomic E-state index is 0.0600. The molecule has 0 aliphatic rings. The highest BCUT2D eigenvalue weighted by Gasteiger charge is 2.10. The first kappa shape index (κ1) is 12.7. The van der Waals surface area contributed by atoms with Gasteiger partial charge in [0.2, 0.25) is 0 Å². The normalized spacial score (nSPS) is 11.6. The van der Waals surface area contributed by atoms with E-state index in [0.717, 1.165) is 27.4 Å². The van der Waals surface area contributed by atoms with Crippen molar-refractivity contribution >= 4 is 33.7 Å². The van der Waals surface area contributed by atoms with Crippen LogP contribution in [0.25, 0.3) is 27.9 Å². The molecule has 2 aromatic heterocycles. The molecule has 0 spiro atoms. The van der Waals surface area contributed by atoms with Gasteiger partial charge in [0.05, 0.1) is 5.56 Å². The van der Waals surface area contributed by atoms with Crippen LogP contribution in [0.4, 0.5) is 0 Å². The second-order valence-corrected chi connectivity index (χ2v) is 5.13. The fraction of sp³-hybridized carbons (Fsp3) is 0. The van der Waals surface area contributed by atoms with Crippen LogP contribution in [0.2, 0.25) is 0 Å². The molecule has 0 fully saturated rings. The molecule has 0 radical (unpaired) electrons. The molecule has 0 saturated carbocycles. The third-order valence-corrected chi connectivity index (χ3v) is 3.78. The van der Waals surface area contributed by atoms with Crippen molar-refractivity contribution < 1.29 is 9.21 Å². The highest BCUT2D eigenvalue weighted by molar-refractivity contribution is 6.14. The molecule has 0 atom stereocenters. The van der Waals surface area contributed by atoms with E-state index in [1.165, 1.54) is 6.26 Å². The van der Waals surface area contributed by atoms with Crippen LogP contribution in [-0.4, -0.2) is 10.8 Å². The highest BCUT2D eigenvalue weighted by Crippen LogP contribution is 2.23. The second-order valence-electron chi connectivity index (χ2n) is 5.13. The maximum Gasteiger partial charge on any atom is 0.189 e. The largest absolute Gasteiger partial charge is 0.464 e. The number of hydrogen-bond donors (Lipinski definition) is 1. The summed E-state index contributed by atoms with van der Waals surface area (Å²) in [6.07, 6.45) is 6.85. The van der Waals surface area contributed by atoms with Gasteiger partial charge in [-0.2, -0.15) is 0 Å². The molecule has 0 unspecified atom stereocenters. The van der Waals surface area contributed by atoms with E-state index in [9.17, 15) is 4.79 Å². The number of H-pyrrole nitrogens is 1. The van der Waals surface area contributed by atoms with Gasteiger partial charge in [-0.25, -0.2) is 0 Å². The van der Waals surface area contributed by atoms with Crippen molar-refractivity contribution in [3.05, 3.63) is 78.2 Å². The Balaban J connectivity index is 1.69. The van der Waals surface area contributed by atoms with Gasteiger partial charge in [-0.3, -0.25) is 4.79 Å². The number of carbonyl (C=O) groups is 1. The lowest BCUT2D eigenvalue weighted by Crippen LogP contribution is -1.91. The van der Waals surface area contributed by atoms with E-state index < -0.39 is 0 Å². The van der Waals surface area contributed by atoms with Crippen LogP contribution in [-0.2, 0) is 0 Å². The summed E-state index contributed by atoms with van der Waals surface area (Å²) in [6.45, 7) is 0. The van der Waals surface area contributed by atoms with Gasteiger partial charge in [0.15, 0.2) is 5.78 Å². The average Bonchev–Trinajstić information content (AvgIpc) is 3.17. The van der Waals surface area contributed by atoms with Gasteiger partial charge in [-0.05, 0) is 29.8 Å². The maximum absolute atomic E-state index is 12.4. The number of ketones is 1. The van der Waals surface area contributed by atoms with Crippen LogP contribution >= 0.6 is 0 Å². The number of rotatable bonds is 3. The number of hydrogen-bond acceptors (Lipinski definition) is 2. The van der Waals surface area contributed by atoms with E-state index in [0.29, 0.717) is 5.56 Å². The molecular formula is C19H13NO2.